The fourth-order valence-corrected chi connectivity index (χ4v) is 10.6. The fourth-order valence-electron chi connectivity index (χ4n) is 3.85. The lowest BCUT2D eigenvalue weighted by Crippen LogP contribution is -2.45. The van der Waals surface area contributed by atoms with Crippen molar-refractivity contribution in [2.24, 2.45) is 0 Å². The molecule has 0 fully saturated rings. The first-order valence-corrected chi connectivity index (χ1v) is 21.8. The van der Waals surface area contributed by atoms with Gasteiger partial charge in [0, 0.05) is 23.7 Å². The van der Waals surface area contributed by atoms with Gasteiger partial charge in [0.25, 0.3) is 10.5 Å². The molecule has 12 heteroatoms. The Balaban J connectivity index is 2.36. The lowest BCUT2D eigenvalue weighted by atomic mass is 10.4. The van der Waals surface area contributed by atoms with E-state index in [1.54, 1.807) is 0 Å². The molecule has 0 aliphatic carbocycles. The summed E-state index contributed by atoms with van der Waals surface area (Å²) in [4.78, 5) is 45.9. The van der Waals surface area contributed by atoms with Crippen molar-refractivity contribution in [1.82, 2.24) is 10.6 Å². The summed E-state index contributed by atoms with van der Waals surface area (Å²) in [5.41, 5.74) is 0. The number of benzene rings is 1. The summed E-state index contributed by atoms with van der Waals surface area (Å²) in [6.45, 7) is 17.0. The molecular weight excluding hydrogens is 581 g/mol. The van der Waals surface area contributed by atoms with Gasteiger partial charge in [-0.05, 0) is 12.8 Å². The summed E-state index contributed by atoms with van der Waals surface area (Å²) in [5, 5.41) is 8.12. The van der Waals surface area contributed by atoms with Crippen molar-refractivity contribution in [3.05, 3.63) is 49.6 Å². The van der Waals surface area contributed by atoms with Gasteiger partial charge in [-0.15, -0.1) is 0 Å². The van der Waals surface area contributed by atoms with Crippen molar-refractivity contribution in [3.63, 3.8) is 0 Å². The van der Waals surface area contributed by atoms with Crippen LogP contribution in [0.1, 0.15) is 12.8 Å². The predicted molar refractivity (Wildman–Crippen MR) is 174 cm³/mol. The number of hydrogen-bond donors (Lipinski definition) is 2. The van der Waals surface area contributed by atoms with Crippen molar-refractivity contribution < 1.29 is 28.7 Å². The molecule has 0 bridgehead atoms. The quantitative estimate of drug-likeness (QED) is 0.105. The molecular formula is C28H44N2O6S2Si2. The molecule has 0 spiro atoms. The molecule has 0 aliphatic rings. The summed E-state index contributed by atoms with van der Waals surface area (Å²) < 4.78 is 9.69. The minimum atomic E-state index is -1.62. The number of carbonyl (C=O) groups excluding carboxylic acids is 4. The van der Waals surface area contributed by atoms with E-state index in [2.05, 4.69) is 74.2 Å². The zero-order valence-electron chi connectivity index (χ0n) is 24.2. The number of carbonyl (C=O) groups is 4. The highest BCUT2D eigenvalue weighted by Gasteiger charge is 2.26. The van der Waals surface area contributed by atoms with E-state index in [9.17, 15) is 19.2 Å². The normalized spacial score (nSPS) is 11.3. The Kier molecular flexibility index (Phi) is 16.9. The molecule has 8 nitrogen and oxygen atoms in total. The second-order valence-electron chi connectivity index (χ2n) is 10.4. The molecule has 0 saturated heterocycles. The van der Waals surface area contributed by atoms with Crippen LogP contribution in [0.4, 0.5) is 9.59 Å². The van der Waals surface area contributed by atoms with Gasteiger partial charge in [-0.2, -0.15) is 0 Å². The summed E-state index contributed by atoms with van der Waals surface area (Å²) in [6, 6.07) is 11.4. The summed E-state index contributed by atoms with van der Waals surface area (Å²) >= 11 is 2.54. The standard InChI is InChI=1S/C28H44N2O6S2Si2/c1-7-25(31)35-17-15-29-27(33)37-19-9-21-39(3,4)23-11-13-24(14-12-23)40(5,6)22-10-20-38-28(34)30-16-18-36-26(32)8-2/h7-8,11-14H,1-2,9-10,15-22H2,3-6H3,(H,29,33)(H,30,34). The van der Waals surface area contributed by atoms with Crippen LogP contribution in [0, 0.1) is 0 Å². The summed E-state index contributed by atoms with van der Waals surface area (Å²) in [5.74, 6) is 0.526. The lowest BCUT2D eigenvalue weighted by molar-refractivity contribution is -0.138. The van der Waals surface area contributed by atoms with E-state index in [1.807, 2.05) is 0 Å². The molecule has 2 amide bonds. The maximum Gasteiger partial charge on any atom is 0.330 e. The number of hydrogen-bond acceptors (Lipinski definition) is 8. The monoisotopic (exact) mass is 624 g/mol. The zero-order chi connectivity index (χ0) is 30.0. The van der Waals surface area contributed by atoms with E-state index in [-0.39, 0.29) is 23.7 Å². The van der Waals surface area contributed by atoms with E-state index >= 15 is 0 Å². The van der Waals surface area contributed by atoms with Crippen molar-refractivity contribution >= 4 is 72.5 Å². The Morgan fingerprint density at radius 3 is 1.40 bits per heavy atom. The number of ether oxygens (including phenoxy) is 2. The molecule has 0 unspecified atom stereocenters. The Hall–Kier alpha value is -2.29. The van der Waals surface area contributed by atoms with Gasteiger partial charge in [0.05, 0.1) is 29.2 Å². The Labute approximate surface area is 249 Å². The van der Waals surface area contributed by atoms with Crippen molar-refractivity contribution in [2.45, 2.75) is 51.1 Å². The van der Waals surface area contributed by atoms with Crippen LogP contribution >= 0.6 is 23.5 Å². The van der Waals surface area contributed by atoms with Crippen molar-refractivity contribution in [3.8, 4) is 0 Å². The number of esters is 2. The second kappa shape index (κ2) is 18.9. The maximum atomic E-state index is 12.0. The average molecular weight is 625 g/mol. The van der Waals surface area contributed by atoms with E-state index in [0.29, 0.717) is 13.1 Å². The number of thioether (sulfide) groups is 2. The molecule has 0 heterocycles. The highest BCUT2D eigenvalue weighted by atomic mass is 32.2. The third-order valence-electron chi connectivity index (χ3n) is 6.37. The van der Waals surface area contributed by atoms with Crippen LogP contribution < -0.4 is 21.0 Å². The zero-order valence-corrected chi connectivity index (χ0v) is 27.8. The minimum absolute atomic E-state index is 0.101. The van der Waals surface area contributed by atoms with Gasteiger partial charge >= 0.3 is 11.9 Å². The van der Waals surface area contributed by atoms with Crippen molar-refractivity contribution in [1.29, 1.82) is 0 Å². The molecule has 0 aliphatic heterocycles. The van der Waals surface area contributed by atoms with Gasteiger partial charge in [0.15, 0.2) is 0 Å². The lowest BCUT2D eigenvalue weighted by Gasteiger charge is -2.26. The first kappa shape index (κ1) is 35.7. The largest absolute Gasteiger partial charge is 0.461 e. The van der Waals surface area contributed by atoms with Gasteiger partial charge < -0.3 is 20.1 Å². The fraction of sp³-hybridized carbons (Fsp3) is 0.500. The molecule has 222 valence electrons. The maximum absolute atomic E-state index is 12.0. The molecule has 0 radical (unpaired) electrons. The van der Waals surface area contributed by atoms with Gasteiger partial charge in [0.1, 0.15) is 13.2 Å². The number of amides is 2. The minimum Gasteiger partial charge on any atom is -0.461 e. The highest BCUT2D eigenvalue weighted by Crippen LogP contribution is 2.18. The Morgan fingerprint density at radius 1 is 0.725 bits per heavy atom. The third-order valence-corrected chi connectivity index (χ3v) is 15.2. The molecule has 1 aromatic rings. The molecule has 1 rings (SSSR count). The summed E-state index contributed by atoms with van der Waals surface area (Å²) in [7, 11) is -3.25. The highest BCUT2D eigenvalue weighted by molar-refractivity contribution is 8.13. The van der Waals surface area contributed by atoms with Gasteiger partial charge in [0.2, 0.25) is 0 Å². The SMILES string of the molecule is C=CC(=O)OCCNC(=O)SCCC[Si](C)(C)c1ccc([Si](C)(C)CCCSC(=O)NCCOC(=O)C=C)cc1. The Bertz CT molecular complexity index is 924. The van der Waals surface area contributed by atoms with E-state index in [4.69, 9.17) is 9.47 Å². The number of rotatable bonds is 18. The van der Waals surface area contributed by atoms with Crippen LogP contribution in [0.2, 0.25) is 38.3 Å². The van der Waals surface area contributed by atoms with Gasteiger partial charge in [-0.1, -0.05) is 110 Å². The molecule has 0 aromatic heterocycles. The van der Waals surface area contributed by atoms with Crippen LogP contribution in [0.5, 0.6) is 0 Å². The molecule has 1 aromatic carbocycles. The van der Waals surface area contributed by atoms with Crippen LogP contribution in [0.25, 0.3) is 0 Å². The molecule has 2 N–H and O–H groups in total. The molecule has 0 atom stereocenters. The van der Waals surface area contributed by atoms with E-state index < -0.39 is 28.1 Å². The van der Waals surface area contributed by atoms with E-state index in [1.165, 1.54) is 33.9 Å². The smallest absolute Gasteiger partial charge is 0.330 e. The van der Waals surface area contributed by atoms with Crippen molar-refractivity contribution in [2.75, 3.05) is 37.8 Å². The first-order valence-electron chi connectivity index (χ1n) is 13.4. The van der Waals surface area contributed by atoms with Gasteiger partial charge in [-0.3, -0.25) is 9.59 Å². The number of nitrogens with one attached hydrogen (secondary N) is 2. The van der Waals surface area contributed by atoms with E-state index in [0.717, 1.165) is 48.6 Å². The van der Waals surface area contributed by atoms with Crippen LogP contribution in [0.3, 0.4) is 0 Å². The van der Waals surface area contributed by atoms with Crippen LogP contribution in [0.15, 0.2) is 49.6 Å². The Morgan fingerprint density at radius 2 is 1.07 bits per heavy atom. The predicted octanol–water partition coefficient (Wildman–Crippen LogP) is 4.64. The third kappa shape index (κ3) is 14.9. The average Bonchev–Trinajstić information content (AvgIpc) is 2.93. The first-order chi connectivity index (χ1) is 18.9. The summed E-state index contributed by atoms with van der Waals surface area (Å²) in [6.07, 6.45) is 4.13. The molecule has 40 heavy (non-hydrogen) atoms. The van der Waals surface area contributed by atoms with Crippen LogP contribution in [-0.2, 0) is 19.1 Å². The second-order valence-corrected chi connectivity index (χ2v) is 22.2. The van der Waals surface area contributed by atoms with Crippen LogP contribution in [-0.4, -0.2) is 76.4 Å². The topological polar surface area (TPSA) is 111 Å². The van der Waals surface area contributed by atoms with Gasteiger partial charge in [-0.25, -0.2) is 9.59 Å². The molecule has 0 saturated carbocycles.